The summed E-state index contributed by atoms with van der Waals surface area (Å²) >= 11 is 0. The molecule has 2 saturated heterocycles. The Morgan fingerprint density at radius 3 is 2.36 bits per heavy atom. The van der Waals surface area contributed by atoms with Gasteiger partial charge in [-0.3, -0.25) is 14.2 Å². The number of aromatic nitrogens is 2. The molecule has 1 aromatic heterocycles. The number of carbonyl (C=O) groups is 2. The van der Waals surface area contributed by atoms with Crippen LogP contribution in [0.2, 0.25) is 0 Å². The zero-order chi connectivity index (χ0) is 32.9. The van der Waals surface area contributed by atoms with Crippen LogP contribution in [0.4, 0.5) is 0 Å². The molecule has 4 atom stereocenters. The van der Waals surface area contributed by atoms with Gasteiger partial charge in [0, 0.05) is 51.1 Å². The van der Waals surface area contributed by atoms with Crippen LogP contribution in [0.1, 0.15) is 73.8 Å². The van der Waals surface area contributed by atoms with Gasteiger partial charge in [-0.25, -0.2) is 4.79 Å². The van der Waals surface area contributed by atoms with Gasteiger partial charge in [0.1, 0.15) is 0 Å². The first kappa shape index (κ1) is 32.6. The number of imidazole rings is 1. The first-order valence-corrected chi connectivity index (χ1v) is 16.2. The number of carbonyl (C=O) groups excluding carboxylic acids is 2. The lowest BCUT2D eigenvalue weighted by Crippen LogP contribution is -2.43. The Morgan fingerprint density at radius 2 is 1.66 bits per heavy atom. The number of aliphatic hydroxyl groups is 1. The maximum Gasteiger partial charge on any atom is 0.326 e. The molecule has 4 aromatic rings. The number of piperidine rings is 1. The van der Waals surface area contributed by atoms with Gasteiger partial charge in [-0.15, -0.1) is 0 Å². The summed E-state index contributed by atoms with van der Waals surface area (Å²) < 4.78 is 19.9. The van der Waals surface area contributed by atoms with Crippen LogP contribution in [-0.4, -0.2) is 63.3 Å². The Kier molecular flexibility index (Phi) is 10.2. The zero-order valence-electron chi connectivity index (χ0n) is 26.8. The summed E-state index contributed by atoms with van der Waals surface area (Å²) in [6.45, 7) is 5.54. The second-order valence-electron chi connectivity index (χ2n) is 12.4. The number of H-pyrrole nitrogens is 1. The highest BCUT2D eigenvalue weighted by molar-refractivity contribution is 5.82. The lowest BCUT2D eigenvalue weighted by molar-refractivity contribution is -0.253. The summed E-state index contributed by atoms with van der Waals surface area (Å²) in [6, 6.07) is 23.6. The van der Waals surface area contributed by atoms with E-state index in [9.17, 15) is 19.5 Å². The fraction of sp³-hybridized carbons (Fsp3) is 0.417. The SMILES string of the molecule is CC(=O)O[C@@H](C)C(=O)NCc1ccc(C2O[C@H](CN3CCC(n4c(=O)[nH]c5ccccc54)CC3)C[C@H](c3ccc(CO)cc3)O2)cc1. The van der Waals surface area contributed by atoms with Crippen molar-refractivity contribution in [1.29, 1.82) is 0 Å². The Balaban J connectivity index is 1.12. The number of ether oxygens (including phenoxy) is 3. The fourth-order valence-electron chi connectivity index (χ4n) is 6.55. The smallest absolute Gasteiger partial charge is 0.326 e. The van der Waals surface area contributed by atoms with E-state index >= 15 is 0 Å². The predicted molar refractivity (Wildman–Crippen MR) is 175 cm³/mol. The summed E-state index contributed by atoms with van der Waals surface area (Å²) in [5, 5.41) is 12.3. The first-order valence-electron chi connectivity index (χ1n) is 16.2. The summed E-state index contributed by atoms with van der Waals surface area (Å²) in [5.41, 5.74) is 5.39. The first-order chi connectivity index (χ1) is 22.8. The molecule has 47 heavy (non-hydrogen) atoms. The normalized spacial score (nSPS) is 21.4. The van der Waals surface area contributed by atoms with Gasteiger partial charge in [-0.1, -0.05) is 60.7 Å². The average molecular weight is 643 g/mol. The molecule has 3 N–H and O–H groups in total. The van der Waals surface area contributed by atoms with E-state index in [1.165, 1.54) is 13.8 Å². The van der Waals surface area contributed by atoms with Crippen molar-refractivity contribution in [3.63, 3.8) is 0 Å². The molecule has 0 saturated carbocycles. The van der Waals surface area contributed by atoms with Crippen molar-refractivity contribution in [2.75, 3.05) is 19.6 Å². The Hall–Kier alpha value is -4.29. The van der Waals surface area contributed by atoms with Crippen LogP contribution in [0, 0.1) is 0 Å². The molecular weight excluding hydrogens is 600 g/mol. The van der Waals surface area contributed by atoms with Gasteiger partial charge in [-0.05, 0) is 48.6 Å². The minimum atomic E-state index is -0.863. The van der Waals surface area contributed by atoms with Crippen LogP contribution in [0.5, 0.6) is 0 Å². The number of likely N-dealkylation sites (tertiary alicyclic amines) is 1. The van der Waals surface area contributed by atoms with E-state index in [2.05, 4.69) is 15.2 Å². The maximum atomic E-state index is 12.8. The molecule has 11 heteroatoms. The molecule has 2 fully saturated rings. The van der Waals surface area contributed by atoms with Crippen LogP contribution in [0.25, 0.3) is 11.0 Å². The number of nitrogens with zero attached hydrogens (tertiary/aromatic N) is 2. The summed E-state index contributed by atoms with van der Waals surface area (Å²) in [4.78, 5) is 41.6. The van der Waals surface area contributed by atoms with Crippen molar-refractivity contribution in [3.05, 3.63) is 106 Å². The van der Waals surface area contributed by atoms with Crippen LogP contribution in [0.3, 0.4) is 0 Å². The van der Waals surface area contributed by atoms with Crippen LogP contribution < -0.4 is 11.0 Å². The van der Waals surface area contributed by atoms with Gasteiger partial charge in [-0.2, -0.15) is 0 Å². The Morgan fingerprint density at radius 1 is 0.979 bits per heavy atom. The highest BCUT2D eigenvalue weighted by Gasteiger charge is 2.34. The fourth-order valence-corrected chi connectivity index (χ4v) is 6.55. The molecule has 0 radical (unpaired) electrons. The maximum absolute atomic E-state index is 12.8. The molecule has 2 aliphatic heterocycles. The average Bonchev–Trinajstić information content (AvgIpc) is 3.43. The van der Waals surface area contributed by atoms with E-state index < -0.39 is 18.4 Å². The number of hydrogen-bond donors (Lipinski definition) is 3. The quantitative estimate of drug-likeness (QED) is 0.218. The van der Waals surface area contributed by atoms with Crippen molar-refractivity contribution in [1.82, 2.24) is 19.8 Å². The van der Waals surface area contributed by atoms with Gasteiger partial charge in [0.05, 0.1) is 29.8 Å². The lowest BCUT2D eigenvalue weighted by atomic mass is 9.98. The zero-order valence-corrected chi connectivity index (χ0v) is 26.8. The second kappa shape index (κ2) is 14.6. The number of hydrogen-bond acceptors (Lipinski definition) is 8. The van der Waals surface area contributed by atoms with E-state index in [4.69, 9.17) is 14.2 Å². The molecule has 2 aliphatic rings. The van der Waals surface area contributed by atoms with Crippen molar-refractivity contribution in [2.24, 2.45) is 0 Å². The topological polar surface area (TPSA) is 135 Å². The van der Waals surface area contributed by atoms with E-state index in [-0.39, 0.29) is 36.5 Å². The summed E-state index contributed by atoms with van der Waals surface area (Å²) in [5.74, 6) is -0.865. The molecule has 1 unspecified atom stereocenters. The molecule has 11 nitrogen and oxygen atoms in total. The van der Waals surface area contributed by atoms with Crippen molar-refractivity contribution in [3.8, 4) is 0 Å². The largest absolute Gasteiger partial charge is 0.453 e. The summed E-state index contributed by atoms with van der Waals surface area (Å²) in [6.07, 6.45) is 0.683. The lowest BCUT2D eigenvalue weighted by Gasteiger charge is -2.40. The molecular formula is C36H42N4O7. The highest BCUT2D eigenvalue weighted by atomic mass is 16.7. The Labute approximate surface area is 273 Å². The monoisotopic (exact) mass is 642 g/mol. The van der Waals surface area contributed by atoms with E-state index in [0.717, 1.165) is 65.8 Å². The molecule has 3 aromatic carbocycles. The van der Waals surface area contributed by atoms with E-state index in [1.807, 2.05) is 77.4 Å². The molecule has 1 amide bonds. The van der Waals surface area contributed by atoms with Gasteiger partial charge >= 0.3 is 11.7 Å². The van der Waals surface area contributed by atoms with Crippen LogP contribution in [0.15, 0.2) is 77.6 Å². The van der Waals surface area contributed by atoms with E-state index in [0.29, 0.717) is 13.0 Å². The van der Waals surface area contributed by atoms with Gasteiger partial charge in [0.15, 0.2) is 12.4 Å². The number of nitrogens with one attached hydrogen (secondary N) is 2. The number of aromatic amines is 1. The highest BCUT2D eigenvalue weighted by Crippen LogP contribution is 2.38. The number of aliphatic hydroxyl groups excluding tert-OH is 1. The van der Waals surface area contributed by atoms with Crippen LogP contribution >= 0.6 is 0 Å². The Bertz CT molecular complexity index is 1720. The predicted octanol–water partition coefficient (Wildman–Crippen LogP) is 4.27. The molecule has 0 aliphatic carbocycles. The number of rotatable bonds is 10. The third kappa shape index (κ3) is 7.82. The standard InChI is InChI=1S/C36H42N4O7/c1-23(45-24(2)42)34(43)37-20-25-7-13-28(14-8-25)35-46-30(19-33(47-35)27-11-9-26(22-41)10-12-27)21-39-17-15-29(16-18-39)40-32-6-4-3-5-31(32)38-36(40)44/h3-14,23,29-30,33,35,41H,15-22H2,1-2H3,(H,37,43)(H,38,44)/t23-,30-,33+,35?/m0/s1. The molecule has 0 bridgehead atoms. The summed E-state index contributed by atoms with van der Waals surface area (Å²) in [7, 11) is 0. The minimum absolute atomic E-state index is 0.0176. The van der Waals surface area contributed by atoms with Crippen molar-refractivity contribution >= 4 is 22.9 Å². The van der Waals surface area contributed by atoms with Gasteiger partial charge in [0.25, 0.3) is 5.91 Å². The number of benzene rings is 3. The molecule has 3 heterocycles. The number of para-hydroxylation sites is 2. The van der Waals surface area contributed by atoms with Gasteiger partial charge < -0.3 is 34.5 Å². The van der Waals surface area contributed by atoms with E-state index in [1.54, 1.807) is 0 Å². The molecule has 0 spiro atoms. The van der Waals surface area contributed by atoms with Crippen molar-refractivity contribution in [2.45, 2.75) is 76.9 Å². The number of amides is 1. The van der Waals surface area contributed by atoms with Crippen molar-refractivity contribution < 1.29 is 28.9 Å². The number of fused-ring (bicyclic) bond motifs is 1. The van der Waals surface area contributed by atoms with Gasteiger partial charge in [0.2, 0.25) is 0 Å². The third-order valence-corrected chi connectivity index (χ3v) is 9.05. The molecule has 248 valence electrons. The third-order valence-electron chi connectivity index (χ3n) is 9.05. The number of esters is 1. The minimum Gasteiger partial charge on any atom is -0.453 e. The van der Waals surface area contributed by atoms with Crippen LogP contribution in [-0.2, 0) is 37.0 Å². The second-order valence-corrected chi connectivity index (χ2v) is 12.4. The molecule has 6 rings (SSSR count).